The van der Waals surface area contributed by atoms with Crippen LogP contribution in [0.5, 0.6) is 0 Å². The van der Waals surface area contributed by atoms with Crippen molar-refractivity contribution >= 4 is 17.1 Å². The number of nitrogens with one attached hydrogen (secondary N) is 1. The van der Waals surface area contributed by atoms with E-state index in [0.29, 0.717) is 12.4 Å². The third-order valence-electron chi connectivity index (χ3n) is 2.57. The normalized spacial score (nSPS) is 12.8. The first-order valence-electron chi connectivity index (χ1n) is 5.61. The highest BCUT2D eigenvalue weighted by Crippen LogP contribution is 2.16. The summed E-state index contributed by atoms with van der Waals surface area (Å²) in [4.78, 5) is 14.8. The number of hydrogen-bond donors (Lipinski definition) is 3. The Balaban J connectivity index is 1.97. The average molecular weight is 249 g/mol. The molecule has 6 nitrogen and oxygen atoms in total. The molecule has 0 aliphatic rings. The first-order valence-corrected chi connectivity index (χ1v) is 5.61. The molecule has 0 aliphatic heterocycles. The molecule has 2 aromatic rings. The summed E-state index contributed by atoms with van der Waals surface area (Å²) < 4.78 is 5.37. The predicted octanol–water partition coefficient (Wildman–Crippen LogP) is 0.638. The summed E-state index contributed by atoms with van der Waals surface area (Å²) in [6, 6.07) is 4.78. The molecular formula is C12H15N3O3. The Morgan fingerprint density at radius 2 is 2.39 bits per heavy atom. The Morgan fingerprint density at radius 1 is 1.61 bits per heavy atom. The molecule has 0 radical (unpaired) electrons. The Bertz CT molecular complexity index is 565. The highest BCUT2D eigenvalue weighted by atomic mass is 16.4. The minimum Gasteiger partial charge on any atom is -0.480 e. The van der Waals surface area contributed by atoms with Gasteiger partial charge in [0, 0.05) is 20.0 Å². The number of fused-ring (bicyclic) bond motifs is 1. The maximum atomic E-state index is 10.5. The van der Waals surface area contributed by atoms with Crippen LogP contribution in [0.15, 0.2) is 22.6 Å². The molecule has 0 amide bonds. The maximum Gasteiger partial charge on any atom is 0.321 e. The maximum absolute atomic E-state index is 10.5. The molecule has 6 heteroatoms. The third-order valence-corrected chi connectivity index (χ3v) is 2.57. The van der Waals surface area contributed by atoms with Gasteiger partial charge < -0.3 is 20.6 Å². The van der Waals surface area contributed by atoms with Gasteiger partial charge in [-0.1, -0.05) is 6.07 Å². The van der Waals surface area contributed by atoms with E-state index in [1.54, 1.807) is 6.92 Å². The van der Waals surface area contributed by atoms with Gasteiger partial charge in [0.05, 0.1) is 0 Å². The summed E-state index contributed by atoms with van der Waals surface area (Å²) in [5.74, 6) is -0.381. The molecule has 1 heterocycles. The van der Waals surface area contributed by atoms with Gasteiger partial charge in [-0.05, 0) is 17.7 Å². The van der Waals surface area contributed by atoms with Crippen molar-refractivity contribution in [1.29, 1.82) is 0 Å². The number of rotatable bonds is 5. The topological polar surface area (TPSA) is 101 Å². The summed E-state index contributed by atoms with van der Waals surface area (Å²) in [5.41, 5.74) is 7.94. The van der Waals surface area contributed by atoms with Crippen LogP contribution in [0.25, 0.3) is 11.1 Å². The van der Waals surface area contributed by atoms with E-state index in [1.165, 1.54) is 0 Å². The van der Waals surface area contributed by atoms with E-state index in [-0.39, 0.29) is 6.54 Å². The lowest BCUT2D eigenvalue weighted by molar-refractivity contribution is -0.138. The first-order chi connectivity index (χ1) is 8.56. The van der Waals surface area contributed by atoms with Crippen molar-refractivity contribution in [2.45, 2.75) is 19.5 Å². The summed E-state index contributed by atoms with van der Waals surface area (Å²) in [5, 5.41) is 11.6. The Kier molecular flexibility index (Phi) is 3.59. The number of hydrogen-bond acceptors (Lipinski definition) is 5. The highest BCUT2D eigenvalue weighted by Gasteiger charge is 2.10. The van der Waals surface area contributed by atoms with E-state index in [0.717, 1.165) is 16.7 Å². The third kappa shape index (κ3) is 2.85. The fourth-order valence-electron chi connectivity index (χ4n) is 1.66. The van der Waals surface area contributed by atoms with E-state index in [2.05, 4.69) is 10.3 Å². The van der Waals surface area contributed by atoms with Gasteiger partial charge in [0.1, 0.15) is 11.6 Å². The standard InChI is InChI=1S/C12H15N3O3/c1-7-15-10-4-8(2-3-11(10)18-7)5-14-6-9(13)12(16)17/h2-4,9,14H,5-6,13H2,1H3,(H,16,17). The van der Waals surface area contributed by atoms with Gasteiger partial charge in [-0.15, -0.1) is 0 Å². The summed E-state index contributed by atoms with van der Waals surface area (Å²) in [6.45, 7) is 2.57. The van der Waals surface area contributed by atoms with Crippen molar-refractivity contribution in [3.63, 3.8) is 0 Å². The molecule has 1 aromatic heterocycles. The smallest absolute Gasteiger partial charge is 0.321 e. The zero-order chi connectivity index (χ0) is 13.1. The molecule has 0 spiro atoms. The Morgan fingerprint density at radius 3 is 3.11 bits per heavy atom. The van der Waals surface area contributed by atoms with Crippen LogP contribution in [0.2, 0.25) is 0 Å². The van der Waals surface area contributed by atoms with E-state index in [1.807, 2.05) is 18.2 Å². The molecule has 96 valence electrons. The summed E-state index contributed by atoms with van der Waals surface area (Å²) in [6.07, 6.45) is 0. The molecular weight excluding hydrogens is 234 g/mol. The molecule has 18 heavy (non-hydrogen) atoms. The van der Waals surface area contributed by atoms with Gasteiger partial charge >= 0.3 is 5.97 Å². The molecule has 0 fully saturated rings. The quantitative estimate of drug-likeness (QED) is 0.718. The lowest BCUT2D eigenvalue weighted by atomic mass is 10.2. The van der Waals surface area contributed by atoms with Crippen LogP contribution in [0.4, 0.5) is 0 Å². The van der Waals surface area contributed by atoms with Crippen molar-refractivity contribution in [1.82, 2.24) is 10.3 Å². The molecule has 0 bridgehead atoms. The second-order valence-electron chi connectivity index (χ2n) is 4.11. The largest absolute Gasteiger partial charge is 0.480 e. The van der Waals surface area contributed by atoms with Crippen LogP contribution in [-0.2, 0) is 11.3 Å². The van der Waals surface area contributed by atoms with Crippen molar-refractivity contribution in [2.24, 2.45) is 5.73 Å². The Labute approximate surface area is 104 Å². The summed E-state index contributed by atoms with van der Waals surface area (Å²) >= 11 is 0. The van der Waals surface area contributed by atoms with E-state index in [4.69, 9.17) is 15.3 Å². The molecule has 0 saturated heterocycles. The first kappa shape index (κ1) is 12.5. The van der Waals surface area contributed by atoms with Gasteiger partial charge in [0.25, 0.3) is 0 Å². The number of nitrogens with two attached hydrogens (primary N) is 1. The van der Waals surface area contributed by atoms with Crippen LogP contribution in [0.3, 0.4) is 0 Å². The number of nitrogens with zero attached hydrogens (tertiary/aromatic N) is 1. The number of carbonyl (C=O) groups is 1. The number of aliphatic carboxylic acids is 1. The van der Waals surface area contributed by atoms with E-state index in [9.17, 15) is 4.79 Å². The molecule has 0 aliphatic carbocycles. The highest BCUT2D eigenvalue weighted by molar-refractivity contribution is 5.74. The molecule has 0 saturated carbocycles. The zero-order valence-corrected chi connectivity index (χ0v) is 10.0. The SMILES string of the molecule is Cc1nc2cc(CNCC(N)C(=O)O)ccc2o1. The number of aromatic nitrogens is 1. The monoisotopic (exact) mass is 249 g/mol. The fourth-order valence-corrected chi connectivity index (χ4v) is 1.66. The molecule has 1 atom stereocenters. The lowest BCUT2D eigenvalue weighted by Crippen LogP contribution is -2.40. The van der Waals surface area contributed by atoms with Crippen molar-refractivity contribution in [2.75, 3.05) is 6.54 Å². The van der Waals surface area contributed by atoms with Crippen molar-refractivity contribution in [3.05, 3.63) is 29.7 Å². The molecule has 1 unspecified atom stereocenters. The zero-order valence-electron chi connectivity index (χ0n) is 10.0. The van der Waals surface area contributed by atoms with Gasteiger partial charge in [-0.25, -0.2) is 4.98 Å². The van der Waals surface area contributed by atoms with E-state index >= 15 is 0 Å². The minimum absolute atomic E-state index is 0.227. The van der Waals surface area contributed by atoms with Gasteiger partial charge in [0.2, 0.25) is 0 Å². The minimum atomic E-state index is -1.01. The number of carboxylic acids is 1. The van der Waals surface area contributed by atoms with Gasteiger partial charge in [-0.2, -0.15) is 0 Å². The second-order valence-corrected chi connectivity index (χ2v) is 4.11. The predicted molar refractivity (Wildman–Crippen MR) is 66.1 cm³/mol. The van der Waals surface area contributed by atoms with Gasteiger partial charge in [-0.3, -0.25) is 4.79 Å². The Hall–Kier alpha value is -1.92. The number of carboxylic acid groups (broad SMARTS) is 1. The van der Waals surface area contributed by atoms with Crippen molar-refractivity contribution in [3.8, 4) is 0 Å². The number of oxazole rings is 1. The van der Waals surface area contributed by atoms with Crippen LogP contribution in [0, 0.1) is 6.92 Å². The van der Waals surface area contributed by atoms with Crippen molar-refractivity contribution < 1.29 is 14.3 Å². The van der Waals surface area contributed by atoms with E-state index < -0.39 is 12.0 Å². The van der Waals surface area contributed by atoms with Crippen LogP contribution >= 0.6 is 0 Å². The second kappa shape index (κ2) is 5.16. The average Bonchev–Trinajstić information content (AvgIpc) is 2.68. The van der Waals surface area contributed by atoms with Crippen LogP contribution in [-0.4, -0.2) is 28.6 Å². The van der Waals surface area contributed by atoms with Crippen LogP contribution in [0.1, 0.15) is 11.5 Å². The van der Waals surface area contributed by atoms with Gasteiger partial charge in [0.15, 0.2) is 11.5 Å². The summed E-state index contributed by atoms with van der Waals surface area (Å²) in [7, 11) is 0. The fraction of sp³-hybridized carbons (Fsp3) is 0.333. The number of benzene rings is 1. The number of aryl methyl sites for hydroxylation is 1. The molecule has 1 aromatic carbocycles. The van der Waals surface area contributed by atoms with Crippen LogP contribution < -0.4 is 11.1 Å². The lowest BCUT2D eigenvalue weighted by Gasteiger charge is -2.08. The molecule has 2 rings (SSSR count). The molecule has 4 N–H and O–H groups in total.